The number of carbonyl (C=O) groups excluding carboxylic acids is 1. The molecule has 0 aliphatic carbocycles. The van der Waals surface area contributed by atoms with Gasteiger partial charge in [-0.15, -0.1) is 0 Å². The van der Waals surface area contributed by atoms with Crippen molar-refractivity contribution in [2.24, 2.45) is 5.10 Å². The van der Waals surface area contributed by atoms with Crippen LogP contribution < -0.4 is 5.43 Å². The quantitative estimate of drug-likeness (QED) is 0.675. The number of nitrogens with zero attached hydrogens (tertiary/aromatic N) is 1. The molecule has 0 saturated heterocycles. The van der Waals surface area contributed by atoms with E-state index < -0.39 is 0 Å². The van der Waals surface area contributed by atoms with Crippen LogP contribution in [-0.4, -0.2) is 11.6 Å². The van der Waals surface area contributed by atoms with Crippen molar-refractivity contribution in [2.45, 2.75) is 27.7 Å². The van der Waals surface area contributed by atoms with Gasteiger partial charge >= 0.3 is 0 Å². The second-order valence-corrected chi connectivity index (χ2v) is 5.31. The maximum Gasteiger partial charge on any atom is 0.271 e. The maximum absolute atomic E-state index is 12.0. The summed E-state index contributed by atoms with van der Waals surface area (Å²) in [5, 5.41) is 4.19. The third kappa shape index (κ3) is 3.78. The lowest BCUT2D eigenvalue weighted by atomic mass is 10.0. The molecule has 0 spiro atoms. The van der Waals surface area contributed by atoms with E-state index >= 15 is 0 Å². The zero-order valence-electron chi connectivity index (χ0n) is 12.9. The summed E-state index contributed by atoms with van der Waals surface area (Å²) >= 11 is 0. The molecule has 108 valence electrons. The zero-order valence-corrected chi connectivity index (χ0v) is 12.9. The van der Waals surface area contributed by atoms with Crippen LogP contribution in [-0.2, 0) is 0 Å². The fourth-order valence-corrected chi connectivity index (χ4v) is 2.02. The molecule has 0 unspecified atom stereocenters. The first-order valence-electron chi connectivity index (χ1n) is 6.96. The lowest BCUT2D eigenvalue weighted by Crippen LogP contribution is -2.19. The molecule has 0 saturated carbocycles. The second-order valence-electron chi connectivity index (χ2n) is 5.31. The lowest BCUT2D eigenvalue weighted by molar-refractivity contribution is 0.0954. The van der Waals surface area contributed by atoms with Crippen molar-refractivity contribution >= 4 is 11.6 Å². The molecule has 2 rings (SSSR count). The fourth-order valence-electron chi connectivity index (χ4n) is 2.02. The molecule has 1 N–H and O–H groups in total. The van der Waals surface area contributed by atoms with Crippen LogP contribution in [0, 0.1) is 20.8 Å². The largest absolute Gasteiger partial charge is 0.271 e. The number of hydrogen-bond acceptors (Lipinski definition) is 2. The van der Waals surface area contributed by atoms with Gasteiger partial charge in [0.05, 0.1) is 5.71 Å². The Bertz CT molecular complexity index is 702. The highest BCUT2D eigenvalue weighted by atomic mass is 16.2. The number of benzene rings is 2. The van der Waals surface area contributed by atoms with E-state index in [1.54, 1.807) is 6.07 Å². The first-order chi connectivity index (χ1) is 9.97. The minimum atomic E-state index is -0.193. The SMILES string of the molecule is C/C(=N/NC(=O)c1cccc(C)c1)c1ccc(C)c(C)c1. The zero-order chi connectivity index (χ0) is 15.4. The molecule has 21 heavy (non-hydrogen) atoms. The van der Waals surface area contributed by atoms with E-state index in [1.807, 2.05) is 38.1 Å². The van der Waals surface area contributed by atoms with Crippen molar-refractivity contribution in [3.63, 3.8) is 0 Å². The van der Waals surface area contributed by atoms with E-state index in [1.165, 1.54) is 11.1 Å². The third-order valence-electron chi connectivity index (χ3n) is 3.53. The van der Waals surface area contributed by atoms with Crippen LogP contribution in [0.1, 0.15) is 39.5 Å². The van der Waals surface area contributed by atoms with E-state index in [4.69, 9.17) is 0 Å². The van der Waals surface area contributed by atoms with Crippen molar-refractivity contribution in [1.29, 1.82) is 0 Å². The molecule has 0 atom stereocenters. The minimum absolute atomic E-state index is 0.193. The molecule has 3 nitrogen and oxygen atoms in total. The van der Waals surface area contributed by atoms with Gasteiger partial charge < -0.3 is 0 Å². The molecule has 0 heterocycles. The minimum Gasteiger partial charge on any atom is -0.267 e. The van der Waals surface area contributed by atoms with Crippen LogP contribution in [0.25, 0.3) is 0 Å². The first-order valence-corrected chi connectivity index (χ1v) is 6.96. The van der Waals surface area contributed by atoms with Crippen molar-refractivity contribution < 1.29 is 4.79 Å². The average molecular weight is 280 g/mol. The molecule has 2 aromatic rings. The Hall–Kier alpha value is -2.42. The molecule has 0 aliphatic rings. The first kappa shape index (κ1) is 15.0. The van der Waals surface area contributed by atoms with Gasteiger partial charge in [-0.1, -0.05) is 29.8 Å². The summed E-state index contributed by atoms with van der Waals surface area (Å²) in [5.74, 6) is -0.193. The van der Waals surface area contributed by atoms with Crippen LogP contribution >= 0.6 is 0 Å². The monoisotopic (exact) mass is 280 g/mol. The van der Waals surface area contributed by atoms with Crippen LogP contribution in [0.4, 0.5) is 0 Å². The van der Waals surface area contributed by atoms with E-state index in [9.17, 15) is 4.79 Å². The Kier molecular flexibility index (Phi) is 4.53. The Labute approximate surface area is 125 Å². The molecular formula is C18H20N2O. The highest BCUT2D eigenvalue weighted by molar-refractivity contribution is 6.01. The highest BCUT2D eigenvalue weighted by Crippen LogP contribution is 2.10. The van der Waals surface area contributed by atoms with E-state index in [0.29, 0.717) is 5.56 Å². The Morgan fingerprint density at radius 2 is 1.71 bits per heavy atom. The van der Waals surface area contributed by atoms with Crippen molar-refractivity contribution in [3.05, 3.63) is 70.3 Å². The lowest BCUT2D eigenvalue weighted by Gasteiger charge is -2.06. The predicted molar refractivity (Wildman–Crippen MR) is 86.8 cm³/mol. The average Bonchev–Trinajstić information content (AvgIpc) is 2.47. The molecule has 0 aromatic heterocycles. The maximum atomic E-state index is 12.0. The van der Waals surface area contributed by atoms with Gasteiger partial charge in [0, 0.05) is 5.56 Å². The van der Waals surface area contributed by atoms with Gasteiger partial charge in [0.25, 0.3) is 5.91 Å². The summed E-state index contributed by atoms with van der Waals surface area (Å²) < 4.78 is 0. The van der Waals surface area contributed by atoms with Gasteiger partial charge in [-0.25, -0.2) is 5.43 Å². The number of aryl methyl sites for hydroxylation is 3. The molecule has 3 heteroatoms. The summed E-state index contributed by atoms with van der Waals surface area (Å²) in [6.07, 6.45) is 0. The van der Waals surface area contributed by atoms with E-state index in [0.717, 1.165) is 16.8 Å². The summed E-state index contributed by atoms with van der Waals surface area (Å²) in [7, 11) is 0. The van der Waals surface area contributed by atoms with Gasteiger partial charge in [-0.2, -0.15) is 5.10 Å². The van der Waals surface area contributed by atoms with Gasteiger partial charge in [0.15, 0.2) is 0 Å². The van der Waals surface area contributed by atoms with Gasteiger partial charge in [-0.3, -0.25) is 4.79 Å². The van der Waals surface area contributed by atoms with Crippen molar-refractivity contribution in [2.75, 3.05) is 0 Å². The normalized spacial score (nSPS) is 11.3. The Balaban J connectivity index is 2.13. The Morgan fingerprint density at radius 1 is 0.952 bits per heavy atom. The number of nitrogens with one attached hydrogen (secondary N) is 1. The fraction of sp³-hybridized carbons (Fsp3) is 0.222. The highest BCUT2D eigenvalue weighted by Gasteiger charge is 2.05. The van der Waals surface area contributed by atoms with E-state index in [-0.39, 0.29) is 5.91 Å². The van der Waals surface area contributed by atoms with Crippen LogP contribution in [0.15, 0.2) is 47.6 Å². The van der Waals surface area contributed by atoms with Gasteiger partial charge in [0.1, 0.15) is 0 Å². The molecule has 2 aromatic carbocycles. The smallest absolute Gasteiger partial charge is 0.267 e. The third-order valence-corrected chi connectivity index (χ3v) is 3.53. The van der Waals surface area contributed by atoms with Crippen LogP contribution in [0.2, 0.25) is 0 Å². The molecule has 1 amide bonds. The summed E-state index contributed by atoms with van der Waals surface area (Å²) in [4.78, 5) is 12.0. The number of hydrogen-bond donors (Lipinski definition) is 1. The number of hydrazone groups is 1. The summed E-state index contributed by atoms with van der Waals surface area (Å²) in [5.41, 5.74) is 8.55. The summed E-state index contributed by atoms with van der Waals surface area (Å²) in [6.45, 7) is 7.99. The predicted octanol–water partition coefficient (Wildman–Crippen LogP) is 3.77. The Morgan fingerprint density at radius 3 is 2.38 bits per heavy atom. The second kappa shape index (κ2) is 6.35. The van der Waals surface area contributed by atoms with Crippen LogP contribution in [0.3, 0.4) is 0 Å². The topological polar surface area (TPSA) is 41.5 Å². The van der Waals surface area contributed by atoms with Crippen LogP contribution in [0.5, 0.6) is 0 Å². The summed E-state index contributed by atoms with van der Waals surface area (Å²) in [6, 6.07) is 13.6. The van der Waals surface area contributed by atoms with Crippen molar-refractivity contribution in [1.82, 2.24) is 5.43 Å². The van der Waals surface area contributed by atoms with Crippen molar-refractivity contribution in [3.8, 4) is 0 Å². The van der Waals surface area contributed by atoms with Gasteiger partial charge in [0.2, 0.25) is 0 Å². The molecule has 0 aliphatic heterocycles. The standard InChI is InChI=1S/C18H20N2O/c1-12-6-5-7-17(10-12)18(21)20-19-15(4)16-9-8-13(2)14(3)11-16/h5-11H,1-4H3,(H,20,21)/b19-15-. The number of amides is 1. The molecule has 0 fully saturated rings. The number of carbonyl (C=O) groups is 1. The molecule has 0 radical (unpaired) electrons. The molecule has 0 bridgehead atoms. The van der Waals surface area contributed by atoms with Gasteiger partial charge in [-0.05, 0) is 62.6 Å². The molecular weight excluding hydrogens is 260 g/mol. The number of rotatable bonds is 3. The van der Waals surface area contributed by atoms with E-state index in [2.05, 4.69) is 36.5 Å².